The Kier molecular flexibility index (Phi) is 2.86. The smallest absolute Gasteiger partial charge is 0.261 e. The van der Waals surface area contributed by atoms with Crippen molar-refractivity contribution in [1.29, 1.82) is 0 Å². The van der Waals surface area contributed by atoms with Gasteiger partial charge in [-0.3, -0.25) is 0 Å². The Morgan fingerprint density at radius 3 is 2.93 bits per heavy atom. The first-order valence-electron chi connectivity index (χ1n) is 4.48. The second kappa shape index (κ2) is 4.31. The van der Waals surface area contributed by atoms with Crippen molar-refractivity contribution in [2.45, 2.75) is 23.6 Å². The summed E-state index contributed by atoms with van der Waals surface area (Å²) in [7, 11) is 0. The van der Waals surface area contributed by atoms with Crippen molar-refractivity contribution in [2.75, 3.05) is 5.73 Å². The predicted octanol–water partition coefficient (Wildman–Crippen LogP) is 1.76. The molecular weight excluding hydrogens is 212 g/mol. The van der Waals surface area contributed by atoms with Gasteiger partial charge in [0.25, 0.3) is 5.22 Å². The van der Waals surface area contributed by atoms with E-state index in [0.717, 1.165) is 17.0 Å². The van der Waals surface area contributed by atoms with E-state index in [0.29, 0.717) is 11.0 Å². The van der Waals surface area contributed by atoms with Gasteiger partial charge < -0.3 is 10.2 Å². The molecule has 6 heteroatoms. The number of aromatic nitrogens is 3. The predicted molar refractivity (Wildman–Crippen MR) is 56.4 cm³/mol. The first kappa shape index (κ1) is 9.97. The van der Waals surface area contributed by atoms with Gasteiger partial charge in [-0.25, -0.2) is 15.0 Å². The fourth-order valence-electron chi connectivity index (χ4n) is 1.17. The van der Waals surface area contributed by atoms with Crippen molar-refractivity contribution in [3.05, 3.63) is 24.4 Å². The molecule has 2 rings (SSSR count). The number of nitrogens with two attached hydrogens (primary N) is 1. The molecule has 2 aromatic heterocycles. The minimum absolute atomic E-state index is 0.515. The van der Waals surface area contributed by atoms with Crippen LogP contribution in [0.25, 0.3) is 0 Å². The number of hydrogen-bond donors (Lipinski definition) is 1. The summed E-state index contributed by atoms with van der Waals surface area (Å²) >= 11 is 1.35. The lowest BCUT2D eigenvalue weighted by Crippen LogP contribution is -2.00. The highest BCUT2D eigenvalue weighted by atomic mass is 32.2. The molecule has 0 unspecified atom stereocenters. The van der Waals surface area contributed by atoms with Crippen LogP contribution in [0.1, 0.15) is 12.5 Å². The molecule has 0 aliphatic rings. The zero-order valence-electron chi connectivity index (χ0n) is 8.17. The normalized spacial score (nSPS) is 10.5. The second-order valence-corrected chi connectivity index (χ2v) is 3.74. The van der Waals surface area contributed by atoms with Gasteiger partial charge >= 0.3 is 0 Å². The summed E-state index contributed by atoms with van der Waals surface area (Å²) in [4.78, 5) is 12.1. The molecule has 0 aliphatic carbocycles. The Labute approximate surface area is 91.1 Å². The van der Waals surface area contributed by atoms with Crippen LogP contribution in [0.4, 0.5) is 5.82 Å². The summed E-state index contributed by atoms with van der Waals surface area (Å²) in [5.41, 5.74) is 6.68. The summed E-state index contributed by atoms with van der Waals surface area (Å²) in [5.74, 6) is 0.515. The minimum atomic E-state index is 0.515. The molecule has 2 heterocycles. The van der Waals surface area contributed by atoms with Crippen LogP contribution < -0.4 is 5.73 Å². The molecule has 2 aromatic rings. The molecule has 0 saturated carbocycles. The number of oxazole rings is 1. The molecule has 5 nitrogen and oxygen atoms in total. The van der Waals surface area contributed by atoms with Crippen molar-refractivity contribution in [3.63, 3.8) is 0 Å². The van der Waals surface area contributed by atoms with Gasteiger partial charge in [0.15, 0.2) is 0 Å². The lowest BCUT2D eigenvalue weighted by molar-refractivity contribution is 0.454. The minimum Gasteiger partial charge on any atom is -0.440 e. The maximum absolute atomic E-state index is 5.75. The van der Waals surface area contributed by atoms with Crippen molar-refractivity contribution < 1.29 is 4.42 Å². The highest BCUT2D eigenvalue weighted by molar-refractivity contribution is 7.99. The summed E-state index contributed by atoms with van der Waals surface area (Å²) < 4.78 is 5.13. The van der Waals surface area contributed by atoms with Gasteiger partial charge in [-0.1, -0.05) is 6.92 Å². The molecular formula is C9H10N4OS. The molecule has 0 aliphatic heterocycles. The first-order valence-corrected chi connectivity index (χ1v) is 5.29. The largest absolute Gasteiger partial charge is 0.440 e. The molecule has 15 heavy (non-hydrogen) atoms. The van der Waals surface area contributed by atoms with E-state index < -0.39 is 0 Å². The van der Waals surface area contributed by atoms with Gasteiger partial charge in [0, 0.05) is 5.56 Å². The highest BCUT2D eigenvalue weighted by Crippen LogP contribution is 2.29. The van der Waals surface area contributed by atoms with Crippen LogP contribution >= 0.6 is 11.8 Å². The molecule has 0 fully saturated rings. The topological polar surface area (TPSA) is 77.8 Å². The van der Waals surface area contributed by atoms with Gasteiger partial charge in [-0.05, 0) is 18.2 Å². The number of hydrogen-bond acceptors (Lipinski definition) is 6. The van der Waals surface area contributed by atoms with E-state index in [1.54, 1.807) is 6.20 Å². The van der Waals surface area contributed by atoms with Gasteiger partial charge in [-0.15, -0.1) is 0 Å². The molecule has 2 N–H and O–H groups in total. The summed E-state index contributed by atoms with van der Waals surface area (Å²) in [5, 5.41) is 1.36. The molecule has 0 atom stereocenters. The van der Waals surface area contributed by atoms with Crippen LogP contribution in [-0.4, -0.2) is 15.0 Å². The Hall–Kier alpha value is -1.56. The van der Waals surface area contributed by atoms with Crippen LogP contribution in [0, 0.1) is 0 Å². The van der Waals surface area contributed by atoms with Crippen LogP contribution in [0.5, 0.6) is 0 Å². The Morgan fingerprint density at radius 1 is 1.40 bits per heavy atom. The van der Waals surface area contributed by atoms with Crippen LogP contribution in [0.3, 0.4) is 0 Å². The van der Waals surface area contributed by atoms with Crippen LogP contribution in [0.15, 0.2) is 33.5 Å². The Balaban J connectivity index is 2.32. The monoisotopic (exact) mass is 222 g/mol. The van der Waals surface area contributed by atoms with Crippen molar-refractivity contribution >= 4 is 17.6 Å². The standard InChI is InChI=1S/C9H10N4OS/c1-2-6-7(10)12-5-13-8(6)15-9-11-3-4-14-9/h3-5H,2H2,1H3,(H2,10,12,13). The fraction of sp³-hybridized carbons (Fsp3) is 0.222. The maximum Gasteiger partial charge on any atom is 0.261 e. The lowest BCUT2D eigenvalue weighted by atomic mass is 10.2. The highest BCUT2D eigenvalue weighted by Gasteiger charge is 2.10. The SMILES string of the molecule is CCc1c(N)ncnc1Sc1ncco1. The maximum atomic E-state index is 5.75. The number of anilines is 1. The second-order valence-electron chi connectivity index (χ2n) is 2.80. The molecule has 0 aromatic carbocycles. The van der Waals surface area contributed by atoms with E-state index in [9.17, 15) is 0 Å². The average Bonchev–Trinajstić information content (AvgIpc) is 2.71. The van der Waals surface area contributed by atoms with E-state index in [-0.39, 0.29) is 0 Å². The van der Waals surface area contributed by atoms with Gasteiger partial charge in [0.2, 0.25) is 0 Å². The van der Waals surface area contributed by atoms with Gasteiger partial charge in [-0.2, -0.15) is 0 Å². The molecule has 78 valence electrons. The van der Waals surface area contributed by atoms with E-state index in [4.69, 9.17) is 10.2 Å². The zero-order chi connectivity index (χ0) is 10.7. The number of nitrogen functional groups attached to an aromatic ring is 1. The van der Waals surface area contributed by atoms with Crippen LogP contribution in [-0.2, 0) is 6.42 Å². The molecule has 0 bridgehead atoms. The van der Waals surface area contributed by atoms with E-state index in [1.807, 2.05) is 6.92 Å². The third-order valence-corrected chi connectivity index (χ3v) is 2.81. The average molecular weight is 222 g/mol. The fourth-order valence-corrected chi connectivity index (χ4v) is 2.03. The molecule has 0 spiro atoms. The summed E-state index contributed by atoms with van der Waals surface area (Å²) in [6.45, 7) is 2.01. The van der Waals surface area contributed by atoms with E-state index >= 15 is 0 Å². The van der Waals surface area contributed by atoms with Gasteiger partial charge in [0.1, 0.15) is 23.4 Å². The number of rotatable bonds is 3. The molecule has 0 amide bonds. The Morgan fingerprint density at radius 2 is 2.27 bits per heavy atom. The first-order chi connectivity index (χ1) is 7.31. The number of nitrogens with zero attached hydrogens (tertiary/aromatic N) is 3. The summed E-state index contributed by atoms with van der Waals surface area (Å²) in [6.07, 6.45) is 5.35. The molecule has 0 radical (unpaired) electrons. The third kappa shape index (κ3) is 2.10. The summed E-state index contributed by atoms with van der Waals surface area (Å²) in [6, 6.07) is 0. The zero-order valence-corrected chi connectivity index (χ0v) is 8.99. The van der Waals surface area contributed by atoms with E-state index in [2.05, 4.69) is 15.0 Å². The third-order valence-electron chi connectivity index (χ3n) is 1.89. The lowest BCUT2D eigenvalue weighted by Gasteiger charge is -2.05. The van der Waals surface area contributed by atoms with Crippen LogP contribution in [0.2, 0.25) is 0 Å². The molecule has 0 saturated heterocycles. The van der Waals surface area contributed by atoms with Crippen molar-refractivity contribution in [1.82, 2.24) is 15.0 Å². The van der Waals surface area contributed by atoms with E-state index in [1.165, 1.54) is 24.4 Å². The van der Waals surface area contributed by atoms with Crippen molar-refractivity contribution in [2.24, 2.45) is 0 Å². The van der Waals surface area contributed by atoms with Crippen molar-refractivity contribution in [3.8, 4) is 0 Å². The van der Waals surface area contributed by atoms with Gasteiger partial charge in [0.05, 0.1) is 6.20 Å². The quantitative estimate of drug-likeness (QED) is 0.797. The Bertz CT molecular complexity index is 443.